The number of piperidine rings is 1. The van der Waals surface area contributed by atoms with Crippen molar-refractivity contribution < 1.29 is 13.9 Å². The molecule has 2 N–H and O–H groups in total. The molecule has 0 bridgehead atoms. The Hall–Kier alpha value is -2.78. The normalized spacial score (nSPS) is 22.6. The number of aryl methyl sites for hydroxylation is 1. The predicted octanol–water partition coefficient (Wildman–Crippen LogP) is 4.39. The van der Waals surface area contributed by atoms with Crippen LogP contribution in [0.25, 0.3) is 0 Å². The molecular weight excluding hydrogens is 519 g/mol. The minimum atomic E-state index is -0.419. The van der Waals surface area contributed by atoms with Crippen LogP contribution in [0.3, 0.4) is 0 Å². The molecule has 2 aliphatic heterocycles. The molecule has 3 heterocycles. The summed E-state index contributed by atoms with van der Waals surface area (Å²) in [5, 5.41) is 14.0. The van der Waals surface area contributed by atoms with Crippen molar-refractivity contribution in [2.24, 2.45) is 22.7 Å². The zero-order valence-electron chi connectivity index (χ0n) is 22.5. The first-order chi connectivity index (χ1) is 18.9. The summed E-state index contributed by atoms with van der Waals surface area (Å²) in [5.41, 5.74) is 3.49. The van der Waals surface area contributed by atoms with Gasteiger partial charge in [-0.2, -0.15) is 5.10 Å². The Morgan fingerprint density at radius 2 is 2.18 bits per heavy atom. The molecule has 3 atom stereocenters. The van der Waals surface area contributed by atoms with Crippen LogP contribution < -0.4 is 4.74 Å². The first-order valence-electron chi connectivity index (χ1n) is 14.0. The Bertz CT molecular complexity index is 1190. The zero-order chi connectivity index (χ0) is 27.4. The molecule has 2 fully saturated rings. The van der Waals surface area contributed by atoms with Crippen LogP contribution >= 0.6 is 11.6 Å². The van der Waals surface area contributed by atoms with E-state index in [0.717, 1.165) is 54.7 Å². The number of alkyl halides is 1. The van der Waals surface area contributed by atoms with Gasteiger partial charge in [0, 0.05) is 62.4 Å². The summed E-state index contributed by atoms with van der Waals surface area (Å²) in [6.45, 7) is 6.43. The number of carbonyl (C=O) groups excluding carboxylic acids is 1. The largest absolute Gasteiger partial charge is 0.493 e. The molecule has 3 unspecified atom stereocenters. The van der Waals surface area contributed by atoms with Crippen molar-refractivity contribution in [2.45, 2.75) is 57.4 Å². The number of fused-ring (bicyclic) bond motifs is 1. The van der Waals surface area contributed by atoms with Gasteiger partial charge in [-0.15, -0.1) is 11.6 Å². The maximum absolute atomic E-state index is 14.8. The molecule has 5 rings (SSSR count). The molecular formula is C29H38ClFN6O2. The van der Waals surface area contributed by atoms with Crippen molar-refractivity contribution in [3.05, 3.63) is 46.5 Å². The van der Waals surface area contributed by atoms with Crippen LogP contribution in [0.1, 0.15) is 48.2 Å². The molecule has 3 aliphatic rings. The number of aliphatic imine (C=N–C) groups is 1. The van der Waals surface area contributed by atoms with Crippen LogP contribution in [0.4, 0.5) is 4.39 Å². The van der Waals surface area contributed by atoms with Gasteiger partial charge in [0.1, 0.15) is 16.9 Å². The summed E-state index contributed by atoms with van der Waals surface area (Å²) in [7, 11) is 0. The molecule has 0 radical (unpaired) electrons. The highest BCUT2D eigenvalue weighted by Gasteiger charge is 2.43. The van der Waals surface area contributed by atoms with Crippen LogP contribution in [0, 0.1) is 35.9 Å². The lowest BCUT2D eigenvalue weighted by atomic mass is 9.91. The summed E-state index contributed by atoms with van der Waals surface area (Å²) in [6, 6.07) is 4.86. The zero-order valence-corrected chi connectivity index (χ0v) is 23.3. The molecule has 210 valence electrons. The van der Waals surface area contributed by atoms with Gasteiger partial charge in [0.2, 0.25) is 5.91 Å². The van der Waals surface area contributed by atoms with E-state index in [-0.39, 0.29) is 12.3 Å². The monoisotopic (exact) mass is 556 g/mol. The Balaban J connectivity index is 1.01. The van der Waals surface area contributed by atoms with E-state index in [2.05, 4.69) is 20.1 Å². The van der Waals surface area contributed by atoms with Crippen LogP contribution in [0.5, 0.6) is 5.75 Å². The molecule has 2 aromatic rings. The van der Waals surface area contributed by atoms with E-state index in [9.17, 15) is 9.18 Å². The van der Waals surface area contributed by atoms with Gasteiger partial charge in [-0.05, 0) is 62.0 Å². The first-order valence-corrected chi connectivity index (χ1v) is 14.4. The fourth-order valence-corrected chi connectivity index (χ4v) is 6.10. The second kappa shape index (κ2) is 12.6. The Morgan fingerprint density at radius 1 is 1.36 bits per heavy atom. The second-order valence-electron chi connectivity index (χ2n) is 11.1. The fourth-order valence-electron chi connectivity index (χ4n) is 6.02. The standard InChI is InChI=1S/C29H38ClFN6O2/c1-19-26-17-37(10-6-28(26)35-34-19)29(38)13-22-2-3-24(14-27(22)31)39-11-7-21-12-25(21)20-4-8-36(9-5-20)18-33-16-23(30)15-32/h2-3,14-16,20-21,23,25,32H,4-13,17-18H2,1H3,(H,34,35). The van der Waals surface area contributed by atoms with Gasteiger partial charge in [0.05, 0.1) is 25.4 Å². The molecule has 1 saturated heterocycles. The lowest BCUT2D eigenvalue weighted by Gasteiger charge is -2.31. The number of hydrogen-bond donors (Lipinski definition) is 2. The third-order valence-corrected chi connectivity index (χ3v) is 8.75. The number of likely N-dealkylation sites (tertiary alicyclic amines) is 1. The maximum atomic E-state index is 14.8. The van der Waals surface area contributed by atoms with Gasteiger partial charge < -0.3 is 15.0 Å². The average molecular weight is 557 g/mol. The highest BCUT2D eigenvalue weighted by atomic mass is 35.5. The number of aromatic nitrogens is 2. The van der Waals surface area contributed by atoms with E-state index in [1.807, 2.05) is 6.92 Å². The van der Waals surface area contributed by atoms with Gasteiger partial charge in [-0.3, -0.25) is 19.8 Å². The number of benzene rings is 1. The Labute approximate surface area is 234 Å². The predicted molar refractivity (Wildman–Crippen MR) is 150 cm³/mol. The number of rotatable bonds is 11. The van der Waals surface area contributed by atoms with Crippen LogP contribution in [-0.2, 0) is 24.2 Å². The number of carbonyl (C=O) groups is 1. The van der Waals surface area contributed by atoms with Crippen molar-refractivity contribution in [3.8, 4) is 5.75 Å². The molecule has 0 spiro atoms. The third-order valence-electron chi connectivity index (χ3n) is 8.51. The fraction of sp³-hybridized carbons (Fsp3) is 0.586. The van der Waals surface area contributed by atoms with Crippen molar-refractivity contribution >= 4 is 29.9 Å². The van der Waals surface area contributed by atoms with Crippen molar-refractivity contribution in [1.82, 2.24) is 20.0 Å². The van der Waals surface area contributed by atoms with Gasteiger partial charge in [-0.25, -0.2) is 4.39 Å². The van der Waals surface area contributed by atoms with E-state index in [4.69, 9.17) is 21.7 Å². The molecule has 1 aromatic carbocycles. The number of H-pyrrole nitrogens is 1. The van der Waals surface area contributed by atoms with Crippen molar-refractivity contribution in [1.29, 1.82) is 5.41 Å². The summed E-state index contributed by atoms with van der Waals surface area (Å²) in [6.07, 6.45) is 8.20. The molecule has 10 heteroatoms. The molecule has 8 nitrogen and oxygen atoms in total. The van der Waals surface area contributed by atoms with Gasteiger partial charge >= 0.3 is 0 Å². The maximum Gasteiger partial charge on any atom is 0.227 e. The number of ether oxygens (including phenoxy) is 1. The van der Waals surface area contributed by atoms with Crippen molar-refractivity contribution in [3.63, 3.8) is 0 Å². The van der Waals surface area contributed by atoms with Gasteiger partial charge in [0.15, 0.2) is 0 Å². The highest BCUT2D eigenvalue weighted by molar-refractivity contribution is 6.36. The topological polar surface area (TPSA) is 97.7 Å². The van der Waals surface area contributed by atoms with Gasteiger partial charge in [0.25, 0.3) is 0 Å². The smallest absolute Gasteiger partial charge is 0.227 e. The first kappa shape index (κ1) is 27.8. The van der Waals surface area contributed by atoms with Crippen molar-refractivity contribution in [2.75, 3.05) is 32.9 Å². The highest BCUT2D eigenvalue weighted by Crippen LogP contribution is 2.49. The summed E-state index contributed by atoms with van der Waals surface area (Å²) in [4.78, 5) is 21.3. The lowest BCUT2D eigenvalue weighted by Crippen LogP contribution is -2.37. The average Bonchev–Trinajstić information content (AvgIpc) is 3.63. The third kappa shape index (κ3) is 7.06. The van der Waals surface area contributed by atoms with Gasteiger partial charge in [-0.1, -0.05) is 6.07 Å². The minimum absolute atomic E-state index is 0.0459. The van der Waals surface area contributed by atoms with Crippen LogP contribution in [0.2, 0.25) is 0 Å². The van der Waals surface area contributed by atoms with E-state index < -0.39 is 11.2 Å². The molecule has 1 aliphatic carbocycles. The number of hydrogen-bond acceptors (Lipinski definition) is 6. The van der Waals surface area contributed by atoms with E-state index in [0.29, 0.717) is 43.6 Å². The SMILES string of the molecule is Cc1[nH]nc2c1CN(C(=O)Cc1ccc(OCCC3CC3C3CCN(CN=CC(Cl)C=N)CC3)cc1F)CC2. The Kier molecular flexibility index (Phi) is 8.97. The molecule has 1 amide bonds. The van der Waals surface area contributed by atoms with E-state index >= 15 is 0 Å². The number of nitrogens with one attached hydrogen (secondary N) is 2. The number of nitrogens with zero attached hydrogens (tertiary/aromatic N) is 4. The number of amides is 1. The molecule has 1 aromatic heterocycles. The quantitative estimate of drug-likeness (QED) is 0.317. The lowest BCUT2D eigenvalue weighted by molar-refractivity contribution is -0.131. The minimum Gasteiger partial charge on any atom is -0.493 e. The van der Waals surface area contributed by atoms with Crippen LogP contribution in [0.15, 0.2) is 23.2 Å². The number of aromatic amines is 1. The summed E-state index contributed by atoms with van der Waals surface area (Å²) < 4.78 is 20.7. The Morgan fingerprint density at radius 3 is 2.95 bits per heavy atom. The second-order valence-corrected chi connectivity index (χ2v) is 11.6. The van der Waals surface area contributed by atoms with Crippen LogP contribution in [-0.4, -0.2) is 76.6 Å². The van der Waals surface area contributed by atoms with E-state index in [1.165, 1.54) is 31.5 Å². The molecule has 1 saturated carbocycles. The molecule has 39 heavy (non-hydrogen) atoms. The summed E-state index contributed by atoms with van der Waals surface area (Å²) in [5.74, 6) is 2.28. The summed E-state index contributed by atoms with van der Waals surface area (Å²) >= 11 is 5.87. The number of halogens is 2. The van der Waals surface area contributed by atoms with E-state index in [1.54, 1.807) is 23.2 Å².